The lowest BCUT2D eigenvalue weighted by Gasteiger charge is -2.35. The molecule has 0 spiro atoms. The minimum atomic E-state index is -0.738. The van der Waals surface area contributed by atoms with E-state index in [4.69, 9.17) is 10.5 Å². The molecule has 0 radical (unpaired) electrons. The van der Waals surface area contributed by atoms with Gasteiger partial charge in [0.25, 0.3) is 5.91 Å². The Bertz CT molecular complexity index is 831. The van der Waals surface area contributed by atoms with Gasteiger partial charge in [0.05, 0.1) is 0 Å². The van der Waals surface area contributed by atoms with Gasteiger partial charge in [-0.2, -0.15) is 5.10 Å². The lowest BCUT2D eigenvalue weighted by Crippen LogP contribution is -2.43. The van der Waals surface area contributed by atoms with Crippen LogP contribution >= 0.6 is 11.8 Å². The van der Waals surface area contributed by atoms with Crippen LogP contribution in [0.1, 0.15) is 24.0 Å². The quantitative estimate of drug-likeness (QED) is 0.792. The highest BCUT2D eigenvalue weighted by Gasteiger charge is 2.48. The normalized spacial score (nSPS) is 19.2. The summed E-state index contributed by atoms with van der Waals surface area (Å²) in [5, 5.41) is 6.65. The number of halogens is 1. The van der Waals surface area contributed by atoms with E-state index < -0.39 is 4.87 Å². The molecule has 7 heteroatoms. The monoisotopic (exact) mass is 387 g/mol. The summed E-state index contributed by atoms with van der Waals surface area (Å²) < 4.78 is 18.8. The number of hydrogen-bond donors (Lipinski definition) is 1. The molecule has 0 bridgehead atoms. The molecule has 2 N–H and O–H groups in total. The number of nitrogens with zero attached hydrogens (tertiary/aromatic N) is 2. The van der Waals surface area contributed by atoms with E-state index in [0.717, 1.165) is 5.56 Å². The van der Waals surface area contributed by atoms with E-state index in [2.05, 4.69) is 5.10 Å². The van der Waals surface area contributed by atoms with Crippen LogP contribution < -0.4 is 5.73 Å². The second-order valence-electron chi connectivity index (χ2n) is 6.20. The van der Waals surface area contributed by atoms with Gasteiger partial charge in [-0.15, -0.1) is 0 Å². The molecule has 0 saturated heterocycles. The molecule has 1 unspecified atom stereocenters. The molecule has 1 atom stereocenters. The minimum absolute atomic E-state index is 0.0856. The van der Waals surface area contributed by atoms with E-state index in [1.165, 1.54) is 36.0 Å². The van der Waals surface area contributed by atoms with Crippen LogP contribution in [0, 0.1) is 5.82 Å². The van der Waals surface area contributed by atoms with Crippen molar-refractivity contribution >= 4 is 22.7 Å². The second kappa shape index (κ2) is 8.65. The van der Waals surface area contributed by atoms with E-state index in [-0.39, 0.29) is 18.3 Å². The largest absolute Gasteiger partial charge is 0.375 e. The molecule has 5 nitrogen and oxygen atoms in total. The van der Waals surface area contributed by atoms with Gasteiger partial charge in [0.2, 0.25) is 0 Å². The molecular formula is C20H22FN3O2S. The van der Waals surface area contributed by atoms with Crippen LogP contribution in [-0.4, -0.2) is 36.2 Å². The number of benzene rings is 2. The van der Waals surface area contributed by atoms with Gasteiger partial charge in [-0.3, -0.25) is 4.79 Å². The first-order valence-corrected chi connectivity index (χ1v) is 9.53. The molecule has 0 fully saturated rings. The van der Waals surface area contributed by atoms with E-state index >= 15 is 0 Å². The van der Waals surface area contributed by atoms with Gasteiger partial charge in [-0.1, -0.05) is 54.2 Å². The average molecular weight is 387 g/mol. The molecule has 2 aromatic rings. The van der Waals surface area contributed by atoms with E-state index in [1.54, 1.807) is 12.1 Å². The van der Waals surface area contributed by atoms with Gasteiger partial charge < -0.3 is 10.5 Å². The topological polar surface area (TPSA) is 67.9 Å². The van der Waals surface area contributed by atoms with Crippen molar-refractivity contribution in [3.8, 4) is 0 Å². The highest BCUT2D eigenvalue weighted by molar-refractivity contribution is 8.15. The average Bonchev–Trinajstić information content (AvgIpc) is 3.08. The van der Waals surface area contributed by atoms with Gasteiger partial charge in [-0.05, 0) is 37.1 Å². The Hall–Kier alpha value is -2.22. The van der Waals surface area contributed by atoms with E-state index in [0.29, 0.717) is 30.0 Å². The number of methoxy groups -OCH3 is 1. The smallest absolute Gasteiger partial charge is 0.270 e. The maximum absolute atomic E-state index is 13.7. The molecule has 0 saturated carbocycles. The van der Waals surface area contributed by atoms with Gasteiger partial charge >= 0.3 is 0 Å². The SMILES string of the molecule is COCC(=O)N1N=C(c2cccc(F)c2)SC1(CCCN)c1ccccc1. The fourth-order valence-corrected chi connectivity index (χ4v) is 4.51. The fourth-order valence-electron chi connectivity index (χ4n) is 3.10. The number of amides is 1. The van der Waals surface area contributed by atoms with Crippen LogP contribution in [0.15, 0.2) is 59.7 Å². The van der Waals surface area contributed by atoms with Gasteiger partial charge in [-0.25, -0.2) is 9.40 Å². The molecule has 1 aliphatic heterocycles. The van der Waals surface area contributed by atoms with Crippen molar-refractivity contribution < 1.29 is 13.9 Å². The van der Waals surface area contributed by atoms with Gasteiger partial charge in [0.15, 0.2) is 0 Å². The Kier molecular flexibility index (Phi) is 6.26. The summed E-state index contributed by atoms with van der Waals surface area (Å²) in [6, 6.07) is 16.0. The van der Waals surface area contributed by atoms with Crippen LogP contribution in [-0.2, 0) is 14.4 Å². The first-order valence-electron chi connectivity index (χ1n) is 8.72. The first kappa shape index (κ1) is 19.5. The maximum atomic E-state index is 13.7. The first-order chi connectivity index (χ1) is 13.1. The van der Waals surface area contributed by atoms with Crippen LogP contribution in [0.3, 0.4) is 0 Å². The standard InChI is InChI=1S/C20H22FN3O2S/c1-26-14-18(25)24-20(11-6-12-22,16-8-3-2-4-9-16)27-19(23-24)15-7-5-10-17(21)13-15/h2-5,7-10,13H,6,11-12,14,22H2,1H3. The fraction of sp³-hybridized carbons (Fsp3) is 0.300. The lowest BCUT2D eigenvalue weighted by molar-refractivity contribution is -0.138. The molecular weight excluding hydrogens is 365 g/mol. The number of rotatable bonds is 7. The number of thioether (sulfide) groups is 1. The Balaban J connectivity index is 2.08. The number of nitrogens with two attached hydrogens (primary N) is 1. The summed E-state index contributed by atoms with van der Waals surface area (Å²) in [5.41, 5.74) is 7.35. The number of carbonyl (C=O) groups is 1. The zero-order valence-corrected chi connectivity index (χ0v) is 15.9. The number of carbonyl (C=O) groups excluding carboxylic acids is 1. The van der Waals surface area contributed by atoms with Crippen LogP contribution in [0.2, 0.25) is 0 Å². The van der Waals surface area contributed by atoms with Crippen LogP contribution in [0.5, 0.6) is 0 Å². The van der Waals surface area contributed by atoms with Crippen molar-refractivity contribution in [3.05, 3.63) is 71.5 Å². The Morgan fingerprint density at radius 3 is 2.70 bits per heavy atom. The van der Waals surface area contributed by atoms with Gasteiger partial charge in [0, 0.05) is 12.7 Å². The Morgan fingerprint density at radius 2 is 2.04 bits per heavy atom. The predicted octanol–water partition coefficient (Wildman–Crippen LogP) is 3.30. The minimum Gasteiger partial charge on any atom is -0.375 e. The molecule has 1 aliphatic rings. The van der Waals surface area contributed by atoms with Gasteiger partial charge in [0.1, 0.15) is 22.3 Å². The van der Waals surface area contributed by atoms with Crippen molar-refractivity contribution in [2.24, 2.45) is 10.8 Å². The summed E-state index contributed by atoms with van der Waals surface area (Å²) in [5.74, 6) is -0.595. The van der Waals surface area contributed by atoms with Crippen molar-refractivity contribution in [3.63, 3.8) is 0 Å². The molecule has 0 aliphatic carbocycles. The van der Waals surface area contributed by atoms with E-state index in [9.17, 15) is 9.18 Å². The predicted molar refractivity (Wildman–Crippen MR) is 106 cm³/mol. The van der Waals surface area contributed by atoms with Crippen molar-refractivity contribution in [2.45, 2.75) is 17.7 Å². The maximum Gasteiger partial charge on any atom is 0.270 e. The molecule has 3 rings (SSSR count). The summed E-state index contributed by atoms with van der Waals surface area (Å²) in [7, 11) is 1.47. The van der Waals surface area contributed by atoms with Crippen LogP contribution in [0.4, 0.5) is 4.39 Å². The Labute approximate surface area is 162 Å². The zero-order chi connectivity index (χ0) is 19.3. The third-order valence-corrected chi connectivity index (χ3v) is 5.78. The third kappa shape index (κ3) is 4.05. The molecule has 1 amide bonds. The highest BCUT2D eigenvalue weighted by atomic mass is 32.2. The summed E-state index contributed by atoms with van der Waals surface area (Å²) in [6.07, 6.45) is 1.33. The third-order valence-electron chi connectivity index (χ3n) is 4.32. The number of hydrazone groups is 1. The number of ether oxygens (including phenoxy) is 1. The molecule has 142 valence electrons. The van der Waals surface area contributed by atoms with Crippen molar-refractivity contribution in [2.75, 3.05) is 20.3 Å². The molecule has 1 heterocycles. The van der Waals surface area contributed by atoms with Crippen LogP contribution in [0.25, 0.3) is 0 Å². The van der Waals surface area contributed by atoms with E-state index in [1.807, 2.05) is 30.3 Å². The second-order valence-corrected chi connectivity index (χ2v) is 7.46. The molecule has 0 aromatic heterocycles. The summed E-state index contributed by atoms with van der Waals surface area (Å²) in [4.78, 5) is 12.1. The zero-order valence-electron chi connectivity index (χ0n) is 15.1. The Morgan fingerprint density at radius 1 is 1.26 bits per heavy atom. The van der Waals surface area contributed by atoms with Crippen molar-refractivity contribution in [1.82, 2.24) is 5.01 Å². The lowest BCUT2D eigenvalue weighted by atomic mass is 10.00. The molecule has 2 aromatic carbocycles. The molecule has 27 heavy (non-hydrogen) atoms. The number of hydrogen-bond acceptors (Lipinski definition) is 5. The summed E-state index contributed by atoms with van der Waals surface area (Å²) >= 11 is 1.45. The van der Waals surface area contributed by atoms with Crippen molar-refractivity contribution in [1.29, 1.82) is 0 Å². The highest BCUT2D eigenvalue weighted by Crippen LogP contribution is 2.50. The summed E-state index contributed by atoms with van der Waals surface area (Å²) in [6.45, 7) is 0.411.